The lowest BCUT2D eigenvalue weighted by Crippen LogP contribution is -2.35. The number of amides is 1. The number of carbonyl (C=O) groups is 1. The van der Waals surface area contributed by atoms with Crippen molar-refractivity contribution in [3.8, 4) is 0 Å². The van der Waals surface area contributed by atoms with Crippen molar-refractivity contribution in [2.24, 2.45) is 0 Å². The minimum atomic E-state index is -0.00907. The van der Waals surface area contributed by atoms with Crippen LogP contribution >= 0.6 is 0 Å². The van der Waals surface area contributed by atoms with Gasteiger partial charge in [-0.05, 0) is 44.1 Å². The van der Waals surface area contributed by atoms with Gasteiger partial charge in [0.1, 0.15) is 0 Å². The van der Waals surface area contributed by atoms with Gasteiger partial charge < -0.3 is 5.32 Å². The molecule has 0 bridgehead atoms. The zero-order valence-electron chi connectivity index (χ0n) is 14.4. The zero-order chi connectivity index (χ0) is 16.4. The maximum absolute atomic E-state index is 11.9. The average molecular weight is 301 g/mol. The average Bonchev–Trinajstić information content (AvgIpc) is 2.52. The Labute approximate surface area is 136 Å². The van der Waals surface area contributed by atoms with Gasteiger partial charge >= 0.3 is 0 Å². The van der Waals surface area contributed by atoms with Crippen LogP contribution in [0.1, 0.15) is 70.8 Å². The van der Waals surface area contributed by atoms with E-state index in [0.29, 0.717) is 11.5 Å². The Hall–Kier alpha value is -1.57. The lowest BCUT2D eigenvalue weighted by Gasteiger charge is -2.22. The summed E-state index contributed by atoms with van der Waals surface area (Å²) in [5.74, 6) is 0.581. The van der Waals surface area contributed by atoms with E-state index in [1.54, 1.807) is 6.92 Å². The number of hydrogen-bond acceptors (Lipinski definition) is 1. The normalized spacial score (nSPS) is 13.4. The standard InChI is InChI=1S/C20H31NO/c1-5-10-17(18-12-8-7-9-13-18)14-15-19(11-6-2)21-20(22)16(3)4/h7-9,12-13,17,19H,3,5-6,10-11,14-15H2,1-2,4H3,(H,21,22). The largest absolute Gasteiger partial charge is 0.350 e. The van der Waals surface area contributed by atoms with Crippen LogP contribution in [0.25, 0.3) is 0 Å². The zero-order valence-corrected chi connectivity index (χ0v) is 14.4. The Bertz CT molecular complexity index is 452. The van der Waals surface area contributed by atoms with E-state index in [2.05, 4.69) is 56.1 Å². The van der Waals surface area contributed by atoms with E-state index in [1.165, 1.54) is 18.4 Å². The molecule has 0 aliphatic heterocycles. The number of benzene rings is 1. The Morgan fingerprint density at radius 3 is 2.23 bits per heavy atom. The van der Waals surface area contributed by atoms with Crippen molar-refractivity contribution in [3.05, 3.63) is 48.0 Å². The Morgan fingerprint density at radius 1 is 1.05 bits per heavy atom. The second-order valence-corrected chi connectivity index (χ2v) is 6.21. The summed E-state index contributed by atoms with van der Waals surface area (Å²) in [6.45, 7) is 9.90. The molecule has 2 atom stereocenters. The van der Waals surface area contributed by atoms with Crippen LogP contribution in [0.15, 0.2) is 42.5 Å². The Kier molecular flexibility index (Phi) is 8.57. The third-order valence-electron chi connectivity index (χ3n) is 4.13. The first-order valence-corrected chi connectivity index (χ1v) is 8.59. The van der Waals surface area contributed by atoms with Gasteiger partial charge in [0.25, 0.3) is 0 Å². The molecule has 0 heterocycles. The highest BCUT2D eigenvalue weighted by atomic mass is 16.1. The van der Waals surface area contributed by atoms with E-state index < -0.39 is 0 Å². The van der Waals surface area contributed by atoms with Crippen molar-refractivity contribution in [2.45, 2.75) is 71.3 Å². The molecule has 0 radical (unpaired) electrons. The molecule has 0 aromatic heterocycles. The minimum absolute atomic E-state index is 0.00907. The highest BCUT2D eigenvalue weighted by molar-refractivity contribution is 5.92. The van der Waals surface area contributed by atoms with Crippen molar-refractivity contribution >= 4 is 5.91 Å². The second kappa shape index (κ2) is 10.2. The van der Waals surface area contributed by atoms with Crippen molar-refractivity contribution in [3.63, 3.8) is 0 Å². The molecular formula is C20H31NO. The summed E-state index contributed by atoms with van der Waals surface area (Å²) in [6.07, 6.45) is 6.68. The van der Waals surface area contributed by atoms with Crippen molar-refractivity contribution < 1.29 is 4.79 Å². The molecule has 1 amide bonds. The lowest BCUT2D eigenvalue weighted by atomic mass is 9.88. The van der Waals surface area contributed by atoms with E-state index in [1.807, 2.05) is 0 Å². The predicted molar refractivity (Wildman–Crippen MR) is 95.0 cm³/mol. The first-order chi connectivity index (χ1) is 10.6. The van der Waals surface area contributed by atoms with Crippen LogP contribution in [-0.2, 0) is 4.79 Å². The summed E-state index contributed by atoms with van der Waals surface area (Å²) in [5, 5.41) is 3.13. The molecule has 1 aromatic rings. The first-order valence-electron chi connectivity index (χ1n) is 8.59. The molecule has 22 heavy (non-hydrogen) atoms. The van der Waals surface area contributed by atoms with Gasteiger partial charge in [-0.15, -0.1) is 0 Å². The third kappa shape index (κ3) is 6.46. The van der Waals surface area contributed by atoms with Gasteiger partial charge in [-0.3, -0.25) is 4.79 Å². The summed E-state index contributed by atoms with van der Waals surface area (Å²) in [5.41, 5.74) is 2.01. The van der Waals surface area contributed by atoms with E-state index >= 15 is 0 Å². The van der Waals surface area contributed by atoms with Gasteiger partial charge in [-0.2, -0.15) is 0 Å². The number of nitrogens with one attached hydrogen (secondary N) is 1. The first kappa shape index (κ1) is 18.5. The van der Waals surface area contributed by atoms with Crippen molar-refractivity contribution in [1.82, 2.24) is 5.32 Å². The van der Waals surface area contributed by atoms with Crippen LogP contribution in [0.4, 0.5) is 0 Å². The van der Waals surface area contributed by atoms with Crippen LogP contribution in [-0.4, -0.2) is 11.9 Å². The Morgan fingerprint density at radius 2 is 1.68 bits per heavy atom. The van der Waals surface area contributed by atoms with Gasteiger partial charge in [0.15, 0.2) is 0 Å². The van der Waals surface area contributed by atoms with Crippen molar-refractivity contribution in [1.29, 1.82) is 0 Å². The fourth-order valence-corrected chi connectivity index (χ4v) is 2.90. The van der Waals surface area contributed by atoms with Crippen LogP contribution < -0.4 is 5.32 Å². The third-order valence-corrected chi connectivity index (χ3v) is 4.13. The highest BCUT2D eigenvalue weighted by Gasteiger charge is 2.16. The summed E-state index contributed by atoms with van der Waals surface area (Å²) >= 11 is 0. The van der Waals surface area contributed by atoms with E-state index in [4.69, 9.17) is 0 Å². The fraction of sp³-hybridized carbons (Fsp3) is 0.550. The van der Waals surface area contributed by atoms with E-state index in [0.717, 1.165) is 25.7 Å². The highest BCUT2D eigenvalue weighted by Crippen LogP contribution is 2.27. The molecule has 0 spiro atoms. The van der Waals surface area contributed by atoms with Crippen LogP contribution in [0, 0.1) is 0 Å². The number of hydrogen-bond donors (Lipinski definition) is 1. The molecule has 0 aliphatic carbocycles. The lowest BCUT2D eigenvalue weighted by molar-refractivity contribution is -0.118. The molecule has 0 fully saturated rings. The summed E-state index contributed by atoms with van der Waals surface area (Å²) < 4.78 is 0. The number of rotatable bonds is 10. The maximum Gasteiger partial charge on any atom is 0.246 e. The monoisotopic (exact) mass is 301 g/mol. The van der Waals surface area contributed by atoms with Gasteiger partial charge in [-0.25, -0.2) is 0 Å². The van der Waals surface area contributed by atoms with Gasteiger partial charge in [0.05, 0.1) is 0 Å². The van der Waals surface area contributed by atoms with Gasteiger partial charge in [0, 0.05) is 11.6 Å². The number of carbonyl (C=O) groups excluding carboxylic acids is 1. The molecular weight excluding hydrogens is 270 g/mol. The van der Waals surface area contributed by atoms with Crippen LogP contribution in [0.3, 0.4) is 0 Å². The predicted octanol–water partition coefficient (Wildman–Crippen LogP) is 5.21. The topological polar surface area (TPSA) is 29.1 Å². The molecule has 0 saturated carbocycles. The molecule has 2 heteroatoms. The Balaban J connectivity index is 2.63. The van der Waals surface area contributed by atoms with Crippen LogP contribution in [0.2, 0.25) is 0 Å². The molecule has 2 unspecified atom stereocenters. The van der Waals surface area contributed by atoms with E-state index in [-0.39, 0.29) is 11.9 Å². The smallest absolute Gasteiger partial charge is 0.246 e. The molecule has 0 aliphatic rings. The van der Waals surface area contributed by atoms with E-state index in [9.17, 15) is 4.79 Å². The fourth-order valence-electron chi connectivity index (χ4n) is 2.90. The summed E-state index contributed by atoms with van der Waals surface area (Å²) in [4.78, 5) is 11.9. The van der Waals surface area contributed by atoms with Gasteiger partial charge in [0.2, 0.25) is 5.91 Å². The maximum atomic E-state index is 11.9. The SMILES string of the molecule is C=C(C)C(=O)NC(CCC)CCC(CCC)c1ccccc1. The van der Waals surface area contributed by atoms with Crippen LogP contribution in [0.5, 0.6) is 0 Å². The molecule has 2 nitrogen and oxygen atoms in total. The molecule has 0 saturated heterocycles. The molecule has 1 rings (SSSR count). The quantitative estimate of drug-likeness (QED) is 0.590. The molecule has 1 N–H and O–H groups in total. The summed E-state index contributed by atoms with van der Waals surface area (Å²) in [6, 6.07) is 11.0. The minimum Gasteiger partial charge on any atom is -0.350 e. The second-order valence-electron chi connectivity index (χ2n) is 6.21. The van der Waals surface area contributed by atoms with Crippen molar-refractivity contribution in [2.75, 3.05) is 0 Å². The van der Waals surface area contributed by atoms with Gasteiger partial charge in [-0.1, -0.05) is 63.6 Å². The molecule has 1 aromatic carbocycles. The molecule has 122 valence electrons. The summed E-state index contributed by atoms with van der Waals surface area (Å²) in [7, 11) is 0.